The molecule has 1 aromatic carbocycles. The first-order valence-electron chi connectivity index (χ1n) is 3.21. The molecule has 0 aliphatic carbocycles. The molecule has 1 aromatic rings. The Kier molecular flexibility index (Phi) is 5.13. The highest BCUT2D eigenvalue weighted by Crippen LogP contribution is 2.20. The van der Waals surface area contributed by atoms with Crippen LogP contribution in [0.15, 0.2) is 18.2 Å². The van der Waals surface area contributed by atoms with Gasteiger partial charge in [0.1, 0.15) is 5.75 Å². The Hall–Kier alpha value is -0.454. The van der Waals surface area contributed by atoms with Gasteiger partial charge in [-0.25, -0.2) is 4.79 Å². The summed E-state index contributed by atoms with van der Waals surface area (Å²) in [5.74, 6) is -0.573. The Morgan fingerprint density at radius 1 is 1.46 bits per heavy atom. The van der Waals surface area contributed by atoms with Gasteiger partial charge in [0.25, 0.3) is 0 Å². The zero-order valence-corrected chi connectivity index (χ0v) is 9.25. The van der Waals surface area contributed by atoms with Crippen molar-refractivity contribution in [3.63, 3.8) is 0 Å². The topological polar surface area (TPSA) is 46.5 Å². The van der Waals surface area contributed by atoms with E-state index in [-0.39, 0.29) is 28.6 Å². The van der Waals surface area contributed by atoms with Crippen LogP contribution in [0.5, 0.6) is 5.75 Å². The Labute approximate surface area is 96.8 Å². The van der Waals surface area contributed by atoms with Crippen molar-refractivity contribution in [2.24, 2.45) is 0 Å². The highest BCUT2D eigenvalue weighted by atomic mass is 35.5. The second kappa shape index (κ2) is 5.31. The summed E-state index contributed by atoms with van der Waals surface area (Å²) in [5, 5.41) is 8.97. The zero-order chi connectivity index (χ0) is 9.14. The van der Waals surface area contributed by atoms with Crippen molar-refractivity contribution in [1.29, 1.82) is 0 Å². The quantitative estimate of drug-likeness (QED) is 0.756. The molecule has 13 heavy (non-hydrogen) atoms. The third-order valence-corrected chi connectivity index (χ3v) is 1.57. The van der Waals surface area contributed by atoms with Crippen LogP contribution in [0, 0.1) is 0 Å². The predicted molar refractivity (Wildman–Crippen MR) is 50.7 cm³/mol. The summed E-state index contributed by atoms with van der Waals surface area (Å²) in [5.41, 5.74) is 0.124. The molecule has 0 aliphatic heterocycles. The van der Waals surface area contributed by atoms with Gasteiger partial charge in [0.05, 0.1) is 12.7 Å². The molecule has 0 aromatic heterocycles. The van der Waals surface area contributed by atoms with E-state index in [2.05, 4.69) is 0 Å². The molecule has 0 fully saturated rings. The first kappa shape index (κ1) is 12.5. The molecule has 0 spiro atoms. The van der Waals surface area contributed by atoms with Crippen molar-refractivity contribution in [2.75, 3.05) is 7.11 Å². The van der Waals surface area contributed by atoms with Crippen molar-refractivity contribution < 1.29 is 14.6 Å². The van der Waals surface area contributed by atoms with Crippen LogP contribution < -0.4 is 4.74 Å². The maximum absolute atomic E-state index is 10.5. The van der Waals surface area contributed by atoms with Crippen LogP contribution in [0.2, 0.25) is 5.02 Å². The summed E-state index contributed by atoms with van der Waals surface area (Å²) in [6.45, 7) is 0. The Morgan fingerprint density at radius 2 is 2.08 bits per heavy atom. The van der Waals surface area contributed by atoms with Gasteiger partial charge in [-0.15, -0.1) is 0 Å². The van der Waals surface area contributed by atoms with Crippen molar-refractivity contribution in [3.8, 4) is 5.75 Å². The Balaban J connectivity index is 0.00000144. The van der Waals surface area contributed by atoms with Crippen molar-refractivity contribution in [1.82, 2.24) is 0 Å². The van der Waals surface area contributed by atoms with Crippen LogP contribution in [-0.4, -0.2) is 41.2 Å². The lowest BCUT2D eigenvalue weighted by molar-refractivity contribution is 0.0696. The van der Waals surface area contributed by atoms with Crippen LogP contribution in [0.1, 0.15) is 10.4 Å². The number of methoxy groups -OCH3 is 1. The number of carbonyl (C=O) groups is 1. The normalized spacial score (nSPS) is 8.77. The molecule has 3 nitrogen and oxygen atoms in total. The average Bonchev–Trinajstić information content (AvgIpc) is 2.03. The summed E-state index contributed by atoms with van der Waals surface area (Å²) < 4.78 is 4.84. The summed E-state index contributed by atoms with van der Waals surface area (Å²) in [6, 6.07) is 4.33. The van der Waals surface area contributed by atoms with Gasteiger partial charge in [-0.2, -0.15) is 0 Å². The number of rotatable bonds is 2. The molecule has 0 unspecified atom stereocenters. The third-order valence-electron chi connectivity index (χ3n) is 1.35. The number of aromatic carboxylic acids is 1. The molecule has 0 bridgehead atoms. The molecule has 66 valence electrons. The van der Waals surface area contributed by atoms with Crippen LogP contribution in [-0.2, 0) is 0 Å². The number of carboxylic acid groups (broad SMARTS) is 1. The highest BCUT2D eigenvalue weighted by Gasteiger charge is 2.05. The van der Waals surface area contributed by atoms with Gasteiger partial charge in [-0.05, 0) is 18.2 Å². The number of hydrogen-bond donors (Lipinski definition) is 1. The fraction of sp³-hybridized carbons (Fsp3) is 0.125. The minimum Gasteiger partial charge on any atom is -0.497 e. The van der Waals surface area contributed by atoms with E-state index >= 15 is 0 Å². The van der Waals surface area contributed by atoms with E-state index < -0.39 is 5.97 Å². The largest absolute Gasteiger partial charge is 0.497 e. The average molecular weight is 211 g/mol. The van der Waals surface area contributed by atoms with Crippen molar-refractivity contribution >= 4 is 40.6 Å². The second-order valence-electron chi connectivity index (χ2n) is 2.18. The molecule has 0 amide bonds. The molecule has 1 rings (SSSR count). The molecule has 0 aliphatic rings. The predicted octanol–water partition coefficient (Wildman–Crippen LogP) is 1.67. The SMILES string of the molecule is COc1cc(Cl)cc(C(=O)O)c1.[Mg]. The van der Waals surface area contributed by atoms with Gasteiger partial charge in [0.15, 0.2) is 0 Å². The molecule has 0 atom stereocenters. The van der Waals surface area contributed by atoms with Gasteiger partial charge < -0.3 is 9.84 Å². The first-order chi connectivity index (χ1) is 5.63. The summed E-state index contributed by atoms with van der Waals surface area (Å²) >= 11 is 5.63. The second-order valence-corrected chi connectivity index (χ2v) is 2.62. The lowest BCUT2D eigenvalue weighted by Gasteiger charge is -2.01. The lowest BCUT2D eigenvalue weighted by atomic mass is 10.2. The minimum absolute atomic E-state index is 0. The van der Waals surface area contributed by atoms with E-state index in [1.807, 2.05) is 0 Å². The number of ether oxygens (including phenoxy) is 1. The smallest absolute Gasteiger partial charge is 0.335 e. The van der Waals surface area contributed by atoms with E-state index in [0.29, 0.717) is 10.8 Å². The molecule has 2 radical (unpaired) electrons. The molecule has 5 heteroatoms. The van der Waals surface area contributed by atoms with Crippen LogP contribution in [0.3, 0.4) is 0 Å². The van der Waals surface area contributed by atoms with Crippen molar-refractivity contribution in [3.05, 3.63) is 28.8 Å². The van der Waals surface area contributed by atoms with E-state index in [0.717, 1.165) is 0 Å². The number of carboxylic acids is 1. The number of halogens is 1. The lowest BCUT2D eigenvalue weighted by Crippen LogP contribution is -1.96. The van der Waals surface area contributed by atoms with E-state index in [4.69, 9.17) is 21.4 Å². The molecule has 0 saturated carbocycles. The molecule has 0 heterocycles. The van der Waals surface area contributed by atoms with Crippen LogP contribution in [0.25, 0.3) is 0 Å². The molecular formula is C8H7ClMgO3. The number of benzene rings is 1. The molecule has 1 N–H and O–H groups in total. The first-order valence-corrected chi connectivity index (χ1v) is 3.59. The van der Waals surface area contributed by atoms with Gasteiger partial charge in [0.2, 0.25) is 0 Å². The maximum atomic E-state index is 10.5. The standard InChI is InChI=1S/C8H7ClO3.Mg/c1-12-7-3-5(8(10)11)2-6(9)4-7;/h2-4H,1H3,(H,10,11);. The van der Waals surface area contributed by atoms with Gasteiger partial charge >= 0.3 is 5.97 Å². The number of hydrogen-bond acceptors (Lipinski definition) is 2. The Morgan fingerprint density at radius 3 is 2.54 bits per heavy atom. The molecular weight excluding hydrogens is 204 g/mol. The third kappa shape index (κ3) is 3.42. The summed E-state index contributed by atoms with van der Waals surface area (Å²) in [6.07, 6.45) is 0. The Bertz CT molecular complexity index is 314. The van der Waals surface area contributed by atoms with E-state index in [9.17, 15) is 4.79 Å². The van der Waals surface area contributed by atoms with Gasteiger partial charge in [-0.3, -0.25) is 0 Å². The van der Waals surface area contributed by atoms with E-state index in [1.165, 1.54) is 19.2 Å². The monoisotopic (exact) mass is 210 g/mol. The minimum atomic E-state index is -1.02. The molecule has 0 saturated heterocycles. The maximum Gasteiger partial charge on any atom is 0.335 e. The van der Waals surface area contributed by atoms with Crippen molar-refractivity contribution in [2.45, 2.75) is 0 Å². The summed E-state index contributed by atoms with van der Waals surface area (Å²) in [7, 11) is 1.46. The van der Waals surface area contributed by atoms with E-state index in [1.54, 1.807) is 6.07 Å². The van der Waals surface area contributed by atoms with Gasteiger partial charge in [0, 0.05) is 28.1 Å². The fourth-order valence-electron chi connectivity index (χ4n) is 0.804. The summed E-state index contributed by atoms with van der Waals surface area (Å²) in [4.78, 5) is 10.5. The fourth-order valence-corrected chi connectivity index (χ4v) is 1.03. The zero-order valence-electron chi connectivity index (χ0n) is 7.08. The van der Waals surface area contributed by atoms with Gasteiger partial charge in [-0.1, -0.05) is 11.6 Å². The highest BCUT2D eigenvalue weighted by molar-refractivity contribution is 6.31. The van der Waals surface area contributed by atoms with Crippen LogP contribution >= 0.6 is 11.6 Å². The van der Waals surface area contributed by atoms with Crippen LogP contribution in [0.4, 0.5) is 0 Å².